The number of fused-ring (bicyclic) bond motifs is 2. The molecule has 1 aliphatic carbocycles. The maximum atomic E-state index is 11.1. The Kier molecular flexibility index (Phi) is 5.05. The van der Waals surface area contributed by atoms with Crippen LogP contribution in [0.25, 0.3) is 0 Å². The Bertz CT molecular complexity index is 813. The van der Waals surface area contributed by atoms with Crippen LogP contribution in [0.2, 0.25) is 0 Å². The van der Waals surface area contributed by atoms with Crippen molar-refractivity contribution < 1.29 is 4.79 Å². The van der Waals surface area contributed by atoms with Gasteiger partial charge in [-0.1, -0.05) is 17.7 Å². The van der Waals surface area contributed by atoms with Crippen LogP contribution in [0.1, 0.15) is 42.1 Å². The number of hydrogen-bond donors (Lipinski definition) is 3. The first-order valence-electron chi connectivity index (χ1n) is 9.21. The van der Waals surface area contributed by atoms with Crippen LogP contribution in [-0.2, 0) is 30.1 Å². The maximum Gasteiger partial charge on any atom is 0.130 e. The Hall–Kier alpha value is -2.34. The van der Waals surface area contributed by atoms with Crippen LogP contribution >= 0.6 is 0 Å². The molecule has 1 aliphatic heterocycles. The van der Waals surface area contributed by atoms with E-state index < -0.39 is 0 Å². The molecule has 6 heteroatoms. The zero-order valence-corrected chi connectivity index (χ0v) is 15.9. The monoisotopic (exact) mass is 355 g/mol. The molecule has 140 valence electrons. The highest BCUT2D eigenvalue weighted by Gasteiger charge is 2.31. The van der Waals surface area contributed by atoms with Crippen LogP contribution in [0.4, 0.5) is 11.5 Å². The van der Waals surface area contributed by atoms with Gasteiger partial charge in [0.25, 0.3) is 0 Å². The lowest BCUT2D eigenvalue weighted by atomic mass is 9.77. The Morgan fingerprint density at radius 1 is 1.42 bits per heavy atom. The molecule has 2 unspecified atom stereocenters. The first kappa shape index (κ1) is 18.5. The molecule has 0 saturated heterocycles. The number of rotatable bonds is 1. The number of carbonyl (C=O) groups is 1. The second-order valence-electron chi connectivity index (χ2n) is 7.70. The summed E-state index contributed by atoms with van der Waals surface area (Å²) in [5.41, 5.74) is 17.1. The maximum absolute atomic E-state index is 11.1. The molecule has 4 rings (SSSR count). The second kappa shape index (κ2) is 7.11. The van der Waals surface area contributed by atoms with E-state index in [1.54, 1.807) is 4.68 Å². The Morgan fingerprint density at radius 3 is 2.92 bits per heavy atom. The number of aldehydes is 1. The van der Waals surface area contributed by atoms with E-state index in [0.717, 1.165) is 66.8 Å². The van der Waals surface area contributed by atoms with Gasteiger partial charge < -0.3 is 21.6 Å². The normalized spacial score (nSPS) is 23.8. The summed E-state index contributed by atoms with van der Waals surface area (Å²) in [5.74, 6) is 0.778. The molecule has 0 saturated carbocycles. The Labute approximate surface area is 154 Å². The van der Waals surface area contributed by atoms with Gasteiger partial charge in [-0.05, 0) is 51.2 Å². The SMILES string of the molecule is Cc1ccc2c(c1)C(C)(C=O)CCN2.Cn1nc2c(c1N)CC(N)CC2. The largest absolute Gasteiger partial charge is 0.385 e. The van der Waals surface area contributed by atoms with Gasteiger partial charge in [-0.2, -0.15) is 5.10 Å². The van der Waals surface area contributed by atoms with Crippen LogP contribution in [0.5, 0.6) is 0 Å². The average Bonchev–Trinajstić information content (AvgIpc) is 2.91. The Morgan fingerprint density at radius 2 is 2.19 bits per heavy atom. The van der Waals surface area contributed by atoms with Gasteiger partial charge in [-0.3, -0.25) is 4.68 Å². The van der Waals surface area contributed by atoms with Crippen LogP contribution in [0, 0.1) is 6.92 Å². The van der Waals surface area contributed by atoms with Crippen molar-refractivity contribution in [2.75, 3.05) is 17.6 Å². The molecule has 2 atom stereocenters. The fraction of sp³-hybridized carbons (Fsp3) is 0.500. The molecule has 5 N–H and O–H groups in total. The minimum atomic E-state index is -0.299. The average molecular weight is 355 g/mol. The van der Waals surface area contributed by atoms with Crippen LogP contribution in [0.15, 0.2) is 18.2 Å². The molecular weight excluding hydrogens is 326 g/mol. The summed E-state index contributed by atoms with van der Waals surface area (Å²) in [6.45, 7) is 4.95. The summed E-state index contributed by atoms with van der Waals surface area (Å²) in [4.78, 5) is 11.1. The van der Waals surface area contributed by atoms with Gasteiger partial charge in [0.1, 0.15) is 12.1 Å². The number of nitrogens with two attached hydrogens (primary N) is 2. The van der Waals surface area contributed by atoms with Crippen molar-refractivity contribution in [2.24, 2.45) is 12.8 Å². The summed E-state index contributed by atoms with van der Waals surface area (Å²) in [7, 11) is 1.87. The first-order valence-corrected chi connectivity index (χ1v) is 9.21. The summed E-state index contributed by atoms with van der Waals surface area (Å²) in [6, 6.07) is 6.51. The molecule has 1 aromatic heterocycles. The summed E-state index contributed by atoms with van der Waals surface area (Å²) >= 11 is 0. The van der Waals surface area contributed by atoms with E-state index >= 15 is 0 Å². The zero-order valence-electron chi connectivity index (χ0n) is 15.9. The zero-order chi connectivity index (χ0) is 18.9. The highest BCUT2D eigenvalue weighted by atomic mass is 16.1. The lowest BCUT2D eigenvalue weighted by Crippen LogP contribution is -2.32. The lowest BCUT2D eigenvalue weighted by molar-refractivity contribution is -0.112. The fourth-order valence-corrected chi connectivity index (χ4v) is 3.75. The van der Waals surface area contributed by atoms with Crippen molar-refractivity contribution in [3.05, 3.63) is 40.6 Å². The standard InChI is InChI=1S/C12H15NO.C8H14N4/c1-9-3-4-11-10(7-9)12(2,8-14)5-6-13-11;1-12-8(10)6-4-5(9)2-3-7(6)11-12/h3-4,7-8,13H,5-6H2,1-2H3;5H,2-4,9-10H2,1H3. The van der Waals surface area contributed by atoms with E-state index in [0.29, 0.717) is 0 Å². The highest BCUT2D eigenvalue weighted by molar-refractivity contribution is 5.75. The third-order valence-corrected chi connectivity index (χ3v) is 5.51. The van der Waals surface area contributed by atoms with Gasteiger partial charge in [-0.15, -0.1) is 0 Å². The molecule has 6 nitrogen and oxygen atoms in total. The predicted octanol–water partition coefficient (Wildman–Crippen LogP) is 2.09. The Balaban J connectivity index is 0.000000152. The van der Waals surface area contributed by atoms with Gasteiger partial charge in [0.05, 0.1) is 11.1 Å². The molecule has 0 radical (unpaired) electrons. The third kappa shape index (κ3) is 3.46. The molecular formula is C20H29N5O. The summed E-state index contributed by atoms with van der Waals surface area (Å²) < 4.78 is 1.74. The molecule has 2 aliphatic rings. The summed E-state index contributed by atoms with van der Waals surface area (Å²) in [6.07, 6.45) is 4.85. The molecule has 0 bridgehead atoms. The fourth-order valence-electron chi connectivity index (χ4n) is 3.75. The molecule has 0 spiro atoms. The van der Waals surface area contributed by atoms with Gasteiger partial charge >= 0.3 is 0 Å². The van der Waals surface area contributed by atoms with Crippen molar-refractivity contribution in [1.29, 1.82) is 0 Å². The number of aromatic nitrogens is 2. The van der Waals surface area contributed by atoms with E-state index in [-0.39, 0.29) is 11.5 Å². The molecule has 1 aromatic carbocycles. The van der Waals surface area contributed by atoms with Crippen molar-refractivity contribution >= 4 is 17.8 Å². The van der Waals surface area contributed by atoms with Crippen molar-refractivity contribution in [2.45, 2.75) is 51.0 Å². The minimum Gasteiger partial charge on any atom is -0.385 e. The van der Waals surface area contributed by atoms with E-state index in [1.165, 1.54) is 5.56 Å². The lowest BCUT2D eigenvalue weighted by Gasteiger charge is -2.32. The number of benzene rings is 1. The number of nitrogens with one attached hydrogen (secondary N) is 1. The van der Waals surface area contributed by atoms with Crippen LogP contribution in [-0.4, -0.2) is 28.7 Å². The van der Waals surface area contributed by atoms with Crippen LogP contribution in [0.3, 0.4) is 0 Å². The van der Waals surface area contributed by atoms with E-state index in [2.05, 4.69) is 35.5 Å². The molecule has 26 heavy (non-hydrogen) atoms. The molecule has 0 amide bonds. The molecule has 2 aromatic rings. The quantitative estimate of drug-likeness (QED) is 0.680. The highest BCUT2D eigenvalue weighted by Crippen LogP contribution is 2.35. The van der Waals surface area contributed by atoms with E-state index in [9.17, 15) is 4.79 Å². The van der Waals surface area contributed by atoms with E-state index in [1.807, 2.05) is 14.0 Å². The van der Waals surface area contributed by atoms with Crippen molar-refractivity contribution in [3.8, 4) is 0 Å². The van der Waals surface area contributed by atoms with Crippen molar-refractivity contribution in [3.63, 3.8) is 0 Å². The minimum absolute atomic E-state index is 0.268. The van der Waals surface area contributed by atoms with E-state index in [4.69, 9.17) is 11.5 Å². The summed E-state index contributed by atoms with van der Waals surface area (Å²) in [5, 5.41) is 7.64. The van der Waals surface area contributed by atoms with Crippen LogP contribution < -0.4 is 16.8 Å². The van der Waals surface area contributed by atoms with Gasteiger partial charge in [0.15, 0.2) is 0 Å². The number of hydrogen-bond acceptors (Lipinski definition) is 5. The molecule has 0 fully saturated rings. The van der Waals surface area contributed by atoms with Crippen molar-refractivity contribution in [1.82, 2.24) is 9.78 Å². The number of nitrogens with zero attached hydrogens (tertiary/aromatic N) is 2. The number of aryl methyl sites for hydroxylation is 3. The van der Waals surface area contributed by atoms with Gasteiger partial charge in [0.2, 0.25) is 0 Å². The first-order chi connectivity index (χ1) is 12.3. The number of nitrogen functional groups attached to an aromatic ring is 1. The van der Waals surface area contributed by atoms with Gasteiger partial charge in [0, 0.05) is 30.9 Å². The predicted molar refractivity (Wildman–Crippen MR) is 105 cm³/mol. The third-order valence-electron chi connectivity index (χ3n) is 5.51. The molecule has 2 heterocycles. The number of carbonyl (C=O) groups excluding carboxylic acids is 1. The van der Waals surface area contributed by atoms with Gasteiger partial charge in [-0.25, -0.2) is 0 Å². The topological polar surface area (TPSA) is 99.0 Å². The smallest absolute Gasteiger partial charge is 0.130 e. The number of anilines is 2. The second-order valence-corrected chi connectivity index (χ2v) is 7.70.